The highest BCUT2D eigenvalue weighted by molar-refractivity contribution is 6.31. The average Bonchev–Trinajstić information content (AvgIpc) is 2.17. The van der Waals surface area contributed by atoms with E-state index in [2.05, 4.69) is 0 Å². The number of carbonyl (C=O) groups is 1. The lowest BCUT2D eigenvalue weighted by Crippen LogP contribution is -1.95. The molecule has 0 fully saturated rings. The Kier molecular flexibility index (Phi) is 4.43. The lowest BCUT2D eigenvalue weighted by Gasteiger charge is -2.04. The molecule has 2 N–H and O–H groups in total. The highest BCUT2D eigenvalue weighted by atomic mass is 35.5. The van der Waals surface area contributed by atoms with Crippen LogP contribution in [0.4, 0.5) is 0 Å². The van der Waals surface area contributed by atoms with Gasteiger partial charge in [-0.1, -0.05) is 11.6 Å². The number of phenolic OH excluding ortho intramolecular Hbond substituents is 1. The zero-order valence-electron chi connectivity index (χ0n) is 8.24. The van der Waals surface area contributed by atoms with Crippen molar-refractivity contribution in [3.8, 4) is 5.75 Å². The van der Waals surface area contributed by atoms with Crippen molar-refractivity contribution in [3.63, 3.8) is 0 Å². The van der Waals surface area contributed by atoms with Gasteiger partial charge in [-0.3, -0.25) is 4.79 Å². The number of aryl methyl sites for hydroxylation is 1. The Morgan fingerprint density at radius 3 is 2.73 bits per heavy atom. The number of hydrogen-bond acceptors (Lipinski definition) is 2. The van der Waals surface area contributed by atoms with Crippen molar-refractivity contribution in [3.05, 3.63) is 28.8 Å². The van der Waals surface area contributed by atoms with E-state index in [0.29, 0.717) is 17.9 Å². The minimum Gasteiger partial charge on any atom is -0.508 e. The number of halogens is 1. The monoisotopic (exact) mass is 228 g/mol. The fraction of sp³-hybridized carbons (Fsp3) is 0.364. The largest absolute Gasteiger partial charge is 0.508 e. The van der Waals surface area contributed by atoms with Crippen LogP contribution in [0.5, 0.6) is 5.75 Å². The molecular formula is C11H13ClO3. The Morgan fingerprint density at radius 2 is 2.07 bits per heavy atom. The highest BCUT2D eigenvalue weighted by Gasteiger charge is 2.02. The van der Waals surface area contributed by atoms with Gasteiger partial charge in [-0.15, -0.1) is 0 Å². The van der Waals surface area contributed by atoms with E-state index < -0.39 is 5.97 Å². The van der Waals surface area contributed by atoms with E-state index in [-0.39, 0.29) is 12.2 Å². The molecule has 0 aliphatic rings. The molecule has 1 aromatic carbocycles. The van der Waals surface area contributed by atoms with Crippen molar-refractivity contribution in [1.29, 1.82) is 0 Å². The molecule has 15 heavy (non-hydrogen) atoms. The molecule has 82 valence electrons. The van der Waals surface area contributed by atoms with Gasteiger partial charge in [0.05, 0.1) is 0 Å². The fourth-order valence-corrected chi connectivity index (χ4v) is 1.56. The molecule has 0 aromatic heterocycles. The minimum atomic E-state index is -0.781. The van der Waals surface area contributed by atoms with Crippen LogP contribution in [0.3, 0.4) is 0 Å². The van der Waals surface area contributed by atoms with E-state index in [1.165, 1.54) is 6.07 Å². The zero-order valence-corrected chi connectivity index (χ0v) is 9.00. The summed E-state index contributed by atoms with van der Waals surface area (Å²) in [5.41, 5.74) is 0.863. The van der Waals surface area contributed by atoms with E-state index in [1.54, 1.807) is 12.1 Å². The molecule has 0 saturated carbocycles. The van der Waals surface area contributed by atoms with Gasteiger partial charge in [-0.25, -0.2) is 0 Å². The van der Waals surface area contributed by atoms with Crippen molar-refractivity contribution in [2.45, 2.75) is 25.7 Å². The van der Waals surface area contributed by atoms with Crippen LogP contribution in [0.1, 0.15) is 24.8 Å². The van der Waals surface area contributed by atoms with Crippen molar-refractivity contribution >= 4 is 17.6 Å². The minimum absolute atomic E-state index is 0.177. The average molecular weight is 229 g/mol. The molecule has 0 aliphatic carbocycles. The van der Waals surface area contributed by atoms with Crippen LogP contribution < -0.4 is 0 Å². The number of carboxylic acid groups (broad SMARTS) is 1. The maximum absolute atomic E-state index is 10.3. The topological polar surface area (TPSA) is 57.5 Å². The summed E-state index contributed by atoms with van der Waals surface area (Å²) in [6, 6.07) is 4.79. The lowest BCUT2D eigenvalue weighted by molar-refractivity contribution is -0.137. The predicted molar refractivity (Wildman–Crippen MR) is 58.3 cm³/mol. The molecular weight excluding hydrogens is 216 g/mol. The third kappa shape index (κ3) is 4.21. The van der Waals surface area contributed by atoms with Gasteiger partial charge in [0.2, 0.25) is 0 Å². The van der Waals surface area contributed by atoms with Crippen LogP contribution in [-0.2, 0) is 11.2 Å². The van der Waals surface area contributed by atoms with Gasteiger partial charge < -0.3 is 10.2 Å². The maximum Gasteiger partial charge on any atom is 0.303 e. The molecule has 0 aliphatic heterocycles. The molecule has 0 atom stereocenters. The van der Waals surface area contributed by atoms with E-state index in [4.69, 9.17) is 16.7 Å². The van der Waals surface area contributed by atoms with Crippen molar-refractivity contribution in [1.82, 2.24) is 0 Å². The summed E-state index contributed by atoms with van der Waals surface area (Å²) in [5.74, 6) is -0.593. The predicted octanol–water partition coefficient (Wildman–Crippen LogP) is 2.84. The first-order chi connectivity index (χ1) is 7.09. The van der Waals surface area contributed by atoms with Gasteiger partial charge in [-0.2, -0.15) is 0 Å². The summed E-state index contributed by atoms with van der Waals surface area (Å²) in [5, 5.41) is 18.3. The third-order valence-electron chi connectivity index (χ3n) is 2.12. The Balaban J connectivity index is 2.43. The molecule has 4 heteroatoms. The van der Waals surface area contributed by atoms with Crippen LogP contribution in [0, 0.1) is 0 Å². The summed E-state index contributed by atoms with van der Waals surface area (Å²) < 4.78 is 0. The van der Waals surface area contributed by atoms with Gasteiger partial charge in [-0.05, 0) is 43.0 Å². The molecule has 0 bridgehead atoms. The summed E-state index contributed by atoms with van der Waals surface area (Å²) in [6.07, 6.45) is 2.26. The van der Waals surface area contributed by atoms with E-state index in [9.17, 15) is 9.90 Å². The number of phenols is 1. The van der Waals surface area contributed by atoms with Crippen molar-refractivity contribution < 1.29 is 15.0 Å². The number of carboxylic acids is 1. The number of benzene rings is 1. The first kappa shape index (κ1) is 11.9. The lowest BCUT2D eigenvalue weighted by atomic mass is 10.1. The molecule has 1 rings (SSSR count). The first-order valence-corrected chi connectivity index (χ1v) is 5.16. The summed E-state index contributed by atoms with van der Waals surface area (Å²) in [6.45, 7) is 0. The summed E-state index contributed by atoms with van der Waals surface area (Å²) >= 11 is 5.91. The number of unbranched alkanes of at least 4 members (excludes halogenated alkanes) is 1. The van der Waals surface area contributed by atoms with Crippen LogP contribution >= 0.6 is 11.6 Å². The summed E-state index contributed by atoms with van der Waals surface area (Å²) in [7, 11) is 0. The van der Waals surface area contributed by atoms with Crippen molar-refractivity contribution in [2.24, 2.45) is 0 Å². The van der Waals surface area contributed by atoms with Gasteiger partial charge in [0.25, 0.3) is 0 Å². The van der Waals surface area contributed by atoms with E-state index in [1.807, 2.05) is 0 Å². The van der Waals surface area contributed by atoms with Crippen molar-refractivity contribution in [2.75, 3.05) is 0 Å². The van der Waals surface area contributed by atoms with Crippen LogP contribution in [-0.4, -0.2) is 16.2 Å². The van der Waals surface area contributed by atoms with Crippen LogP contribution in [0.15, 0.2) is 18.2 Å². The number of rotatable bonds is 5. The molecule has 0 spiro atoms. The van der Waals surface area contributed by atoms with Crippen LogP contribution in [0.2, 0.25) is 5.02 Å². The number of aromatic hydroxyl groups is 1. The van der Waals surface area contributed by atoms with E-state index in [0.717, 1.165) is 12.0 Å². The Morgan fingerprint density at radius 1 is 1.33 bits per heavy atom. The standard InChI is InChI=1S/C11H13ClO3/c12-10-6-5-9(13)7-8(10)3-1-2-4-11(14)15/h5-7,13H,1-4H2,(H,14,15). The Labute approximate surface area is 93.3 Å². The van der Waals surface area contributed by atoms with Gasteiger partial charge in [0, 0.05) is 11.4 Å². The molecule has 3 nitrogen and oxygen atoms in total. The summed E-state index contributed by atoms with van der Waals surface area (Å²) in [4.78, 5) is 10.3. The quantitative estimate of drug-likeness (QED) is 0.762. The second-order valence-electron chi connectivity index (χ2n) is 3.38. The second kappa shape index (κ2) is 5.61. The fourth-order valence-electron chi connectivity index (χ4n) is 1.34. The third-order valence-corrected chi connectivity index (χ3v) is 2.48. The molecule has 1 aromatic rings. The zero-order chi connectivity index (χ0) is 11.3. The molecule has 0 saturated heterocycles. The van der Waals surface area contributed by atoms with Crippen LogP contribution in [0.25, 0.3) is 0 Å². The Bertz CT molecular complexity index is 350. The number of aliphatic carboxylic acids is 1. The van der Waals surface area contributed by atoms with E-state index >= 15 is 0 Å². The normalized spacial score (nSPS) is 10.2. The second-order valence-corrected chi connectivity index (χ2v) is 3.78. The van der Waals surface area contributed by atoms with Gasteiger partial charge >= 0.3 is 5.97 Å². The smallest absolute Gasteiger partial charge is 0.303 e. The van der Waals surface area contributed by atoms with Gasteiger partial charge in [0.15, 0.2) is 0 Å². The molecule has 0 amide bonds. The number of hydrogen-bond donors (Lipinski definition) is 2. The maximum atomic E-state index is 10.3. The highest BCUT2D eigenvalue weighted by Crippen LogP contribution is 2.22. The SMILES string of the molecule is O=C(O)CCCCc1cc(O)ccc1Cl. The molecule has 0 heterocycles. The first-order valence-electron chi connectivity index (χ1n) is 4.79. The van der Waals surface area contributed by atoms with Gasteiger partial charge in [0.1, 0.15) is 5.75 Å². The Hall–Kier alpha value is -1.22. The molecule has 0 unspecified atom stereocenters. The molecule has 0 radical (unpaired) electrons.